The van der Waals surface area contributed by atoms with E-state index in [-0.39, 0.29) is 5.54 Å². The van der Waals surface area contributed by atoms with E-state index in [1.807, 2.05) is 11.8 Å². The highest BCUT2D eigenvalue weighted by Gasteiger charge is 2.25. The molecule has 3 heteroatoms. The number of nitrogens with two attached hydrogens (primary N) is 1. The van der Waals surface area contributed by atoms with Crippen LogP contribution in [-0.2, 0) is 0 Å². The lowest BCUT2D eigenvalue weighted by atomic mass is 9.94. The molecule has 1 aliphatic heterocycles. The van der Waals surface area contributed by atoms with Gasteiger partial charge in [0.15, 0.2) is 0 Å². The average Bonchev–Trinajstić information content (AvgIpc) is 1.89. The molecule has 1 atom stereocenters. The van der Waals surface area contributed by atoms with E-state index in [4.69, 9.17) is 5.73 Å². The lowest BCUT2D eigenvalue weighted by Crippen LogP contribution is -2.54. The van der Waals surface area contributed by atoms with Crippen LogP contribution in [0, 0.1) is 0 Å². The summed E-state index contributed by atoms with van der Waals surface area (Å²) >= 11 is 1.84. The van der Waals surface area contributed by atoms with Gasteiger partial charge in [-0.2, -0.15) is 11.8 Å². The summed E-state index contributed by atoms with van der Waals surface area (Å²) in [7, 11) is 0. The molecule has 1 unspecified atom stereocenters. The van der Waals surface area contributed by atoms with Crippen molar-refractivity contribution >= 4 is 11.8 Å². The summed E-state index contributed by atoms with van der Waals surface area (Å²) in [5, 5.41) is 3.32. The molecule has 0 aromatic rings. The standard InChI is InChI=1S/C7H16N2S/c1-10-6-7(8)3-2-4-9-5-7/h9H,2-6,8H2,1H3. The molecule has 2 nitrogen and oxygen atoms in total. The van der Waals surface area contributed by atoms with E-state index in [9.17, 15) is 0 Å². The molecule has 0 bridgehead atoms. The van der Waals surface area contributed by atoms with Crippen molar-refractivity contribution in [3.8, 4) is 0 Å². The zero-order valence-corrected chi connectivity index (χ0v) is 7.34. The summed E-state index contributed by atoms with van der Waals surface area (Å²) in [5.74, 6) is 1.08. The number of hydrogen-bond donors (Lipinski definition) is 2. The fourth-order valence-electron chi connectivity index (χ4n) is 1.40. The molecule has 0 radical (unpaired) electrons. The first-order valence-electron chi connectivity index (χ1n) is 3.75. The maximum Gasteiger partial charge on any atom is 0.0372 e. The Morgan fingerprint density at radius 3 is 3.00 bits per heavy atom. The molecule has 60 valence electrons. The Morgan fingerprint density at radius 1 is 1.70 bits per heavy atom. The summed E-state index contributed by atoms with van der Waals surface area (Å²) in [6, 6.07) is 0. The molecule has 1 heterocycles. The minimum absolute atomic E-state index is 0.0810. The van der Waals surface area contributed by atoms with Crippen molar-refractivity contribution in [3.63, 3.8) is 0 Å². The van der Waals surface area contributed by atoms with Gasteiger partial charge >= 0.3 is 0 Å². The Labute approximate surface area is 66.9 Å². The number of rotatable bonds is 2. The van der Waals surface area contributed by atoms with Crippen LogP contribution >= 0.6 is 11.8 Å². The molecule has 1 fully saturated rings. The van der Waals surface area contributed by atoms with Gasteiger partial charge in [-0.05, 0) is 25.6 Å². The minimum atomic E-state index is 0.0810. The quantitative estimate of drug-likeness (QED) is 0.615. The first kappa shape index (κ1) is 8.37. The zero-order valence-electron chi connectivity index (χ0n) is 6.52. The van der Waals surface area contributed by atoms with Gasteiger partial charge in [0.25, 0.3) is 0 Å². The summed E-state index contributed by atoms with van der Waals surface area (Å²) in [6.07, 6.45) is 4.53. The van der Waals surface area contributed by atoms with Crippen molar-refractivity contribution in [1.82, 2.24) is 5.32 Å². The number of nitrogens with one attached hydrogen (secondary N) is 1. The topological polar surface area (TPSA) is 38.0 Å². The summed E-state index contributed by atoms with van der Waals surface area (Å²) in [6.45, 7) is 2.14. The fourth-order valence-corrected chi connectivity index (χ4v) is 2.22. The second-order valence-electron chi connectivity index (χ2n) is 3.08. The first-order chi connectivity index (χ1) is 4.77. The van der Waals surface area contributed by atoms with Gasteiger partial charge in [0, 0.05) is 17.8 Å². The van der Waals surface area contributed by atoms with E-state index in [0.717, 1.165) is 18.8 Å². The highest BCUT2D eigenvalue weighted by molar-refractivity contribution is 7.98. The van der Waals surface area contributed by atoms with Gasteiger partial charge < -0.3 is 11.1 Å². The van der Waals surface area contributed by atoms with Crippen molar-refractivity contribution < 1.29 is 0 Å². The normalized spacial score (nSPS) is 34.2. The Balaban J connectivity index is 2.32. The lowest BCUT2D eigenvalue weighted by Gasteiger charge is -2.33. The van der Waals surface area contributed by atoms with E-state index in [2.05, 4.69) is 11.6 Å². The molecule has 0 amide bonds. The van der Waals surface area contributed by atoms with Crippen LogP contribution in [0.15, 0.2) is 0 Å². The Kier molecular flexibility index (Phi) is 3.01. The van der Waals surface area contributed by atoms with Crippen LogP contribution in [-0.4, -0.2) is 30.6 Å². The van der Waals surface area contributed by atoms with Crippen molar-refractivity contribution in [2.24, 2.45) is 5.73 Å². The van der Waals surface area contributed by atoms with E-state index in [1.54, 1.807) is 0 Å². The van der Waals surface area contributed by atoms with Crippen LogP contribution in [0.3, 0.4) is 0 Å². The molecule has 10 heavy (non-hydrogen) atoms. The molecule has 1 aliphatic rings. The van der Waals surface area contributed by atoms with Gasteiger partial charge in [-0.25, -0.2) is 0 Å². The molecule has 0 aliphatic carbocycles. The minimum Gasteiger partial charge on any atom is -0.323 e. The highest BCUT2D eigenvalue weighted by atomic mass is 32.2. The predicted octanol–water partition coefficient (Wildman–Crippen LogP) is 0.430. The van der Waals surface area contributed by atoms with Gasteiger partial charge in [0.1, 0.15) is 0 Å². The van der Waals surface area contributed by atoms with Gasteiger partial charge in [0.2, 0.25) is 0 Å². The third-order valence-corrected chi connectivity index (χ3v) is 2.80. The largest absolute Gasteiger partial charge is 0.323 e. The predicted molar refractivity (Wildman–Crippen MR) is 47.4 cm³/mol. The van der Waals surface area contributed by atoms with Crippen LogP contribution in [0.1, 0.15) is 12.8 Å². The van der Waals surface area contributed by atoms with Crippen LogP contribution < -0.4 is 11.1 Å². The average molecular weight is 160 g/mol. The van der Waals surface area contributed by atoms with Crippen LogP contribution in [0.5, 0.6) is 0 Å². The zero-order chi connectivity index (χ0) is 7.45. The van der Waals surface area contributed by atoms with Crippen molar-refractivity contribution in [2.45, 2.75) is 18.4 Å². The number of piperidine rings is 1. The number of thioether (sulfide) groups is 1. The van der Waals surface area contributed by atoms with Crippen molar-refractivity contribution in [1.29, 1.82) is 0 Å². The van der Waals surface area contributed by atoms with Crippen molar-refractivity contribution in [3.05, 3.63) is 0 Å². The lowest BCUT2D eigenvalue weighted by molar-refractivity contribution is 0.348. The second-order valence-corrected chi connectivity index (χ2v) is 3.94. The van der Waals surface area contributed by atoms with E-state index >= 15 is 0 Å². The summed E-state index contributed by atoms with van der Waals surface area (Å²) < 4.78 is 0. The van der Waals surface area contributed by atoms with E-state index in [0.29, 0.717) is 0 Å². The third-order valence-electron chi connectivity index (χ3n) is 1.94. The highest BCUT2D eigenvalue weighted by Crippen LogP contribution is 2.16. The maximum absolute atomic E-state index is 6.09. The molecule has 0 spiro atoms. The van der Waals surface area contributed by atoms with Crippen molar-refractivity contribution in [2.75, 3.05) is 25.1 Å². The fraction of sp³-hybridized carbons (Fsp3) is 1.00. The molecule has 0 saturated carbocycles. The molecule has 0 aromatic carbocycles. The maximum atomic E-state index is 6.09. The monoisotopic (exact) mass is 160 g/mol. The summed E-state index contributed by atoms with van der Waals surface area (Å²) in [4.78, 5) is 0. The molecular weight excluding hydrogens is 144 g/mol. The smallest absolute Gasteiger partial charge is 0.0372 e. The van der Waals surface area contributed by atoms with Gasteiger partial charge in [-0.15, -0.1) is 0 Å². The molecule has 1 saturated heterocycles. The SMILES string of the molecule is CSCC1(N)CCCNC1. The van der Waals surface area contributed by atoms with Crippen LogP contribution in [0.4, 0.5) is 0 Å². The van der Waals surface area contributed by atoms with Gasteiger partial charge in [-0.3, -0.25) is 0 Å². The van der Waals surface area contributed by atoms with E-state index < -0.39 is 0 Å². The number of hydrogen-bond acceptors (Lipinski definition) is 3. The Morgan fingerprint density at radius 2 is 2.50 bits per heavy atom. The second kappa shape index (κ2) is 3.60. The Hall–Kier alpha value is 0.270. The van der Waals surface area contributed by atoms with Gasteiger partial charge in [0.05, 0.1) is 0 Å². The Bertz CT molecular complexity index is 94.3. The summed E-state index contributed by atoms with van der Waals surface area (Å²) in [5.41, 5.74) is 6.17. The van der Waals surface area contributed by atoms with E-state index in [1.165, 1.54) is 12.8 Å². The third kappa shape index (κ3) is 2.15. The molecule has 1 rings (SSSR count). The molecule has 0 aromatic heterocycles. The molecular formula is C7H16N2S. The van der Waals surface area contributed by atoms with Crippen LogP contribution in [0.25, 0.3) is 0 Å². The molecule has 3 N–H and O–H groups in total. The van der Waals surface area contributed by atoms with Gasteiger partial charge in [-0.1, -0.05) is 0 Å². The van der Waals surface area contributed by atoms with Crippen LogP contribution in [0.2, 0.25) is 0 Å². The first-order valence-corrected chi connectivity index (χ1v) is 5.15.